The number of pyridine rings is 1. The van der Waals surface area contributed by atoms with Gasteiger partial charge in [-0.25, -0.2) is 9.37 Å². The van der Waals surface area contributed by atoms with Crippen molar-refractivity contribution in [3.8, 4) is 0 Å². The highest BCUT2D eigenvalue weighted by Gasteiger charge is 2.33. The fraction of sp³-hybridized carbons (Fsp3) is 0.538. The molecular formula is C13H15ClFN3O. The molecule has 0 radical (unpaired) electrons. The Balaban J connectivity index is 1.78. The van der Waals surface area contributed by atoms with Gasteiger partial charge in [-0.2, -0.15) is 0 Å². The van der Waals surface area contributed by atoms with Crippen LogP contribution in [0.5, 0.6) is 0 Å². The minimum atomic E-state index is -0.535. The van der Waals surface area contributed by atoms with Crippen LogP contribution in [0, 0.1) is 5.82 Å². The van der Waals surface area contributed by atoms with Crippen LogP contribution >= 0.6 is 11.6 Å². The van der Waals surface area contributed by atoms with Crippen LogP contribution in [0.15, 0.2) is 12.3 Å². The first-order chi connectivity index (χ1) is 9.15. The van der Waals surface area contributed by atoms with Gasteiger partial charge in [0, 0.05) is 25.7 Å². The number of carbonyl (C=O) groups excluding carboxylic acids is 1. The largest absolute Gasteiger partial charge is 0.336 e. The minimum Gasteiger partial charge on any atom is -0.336 e. The summed E-state index contributed by atoms with van der Waals surface area (Å²) in [5.74, 6) is -0.754. The Kier molecular flexibility index (Phi) is 3.41. The smallest absolute Gasteiger partial charge is 0.257 e. The van der Waals surface area contributed by atoms with E-state index in [4.69, 9.17) is 11.6 Å². The van der Waals surface area contributed by atoms with Crippen molar-refractivity contribution in [1.82, 2.24) is 14.8 Å². The molecule has 2 aliphatic heterocycles. The number of aromatic nitrogens is 1. The third-order valence-corrected chi connectivity index (χ3v) is 4.21. The van der Waals surface area contributed by atoms with E-state index in [1.165, 1.54) is 12.5 Å². The molecule has 0 aromatic carbocycles. The van der Waals surface area contributed by atoms with Crippen molar-refractivity contribution in [3.63, 3.8) is 0 Å². The predicted molar refractivity (Wildman–Crippen MR) is 69.7 cm³/mol. The van der Waals surface area contributed by atoms with Crippen molar-refractivity contribution in [3.05, 3.63) is 28.8 Å². The van der Waals surface area contributed by atoms with E-state index in [1.54, 1.807) is 4.90 Å². The van der Waals surface area contributed by atoms with E-state index in [-0.39, 0.29) is 16.6 Å². The summed E-state index contributed by atoms with van der Waals surface area (Å²) in [5, 5.41) is 0.0697. The summed E-state index contributed by atoms with van der Waals surface area (Å²) in [5.41, 5.74) is 0.160. The van der Waals surface area contributed by atoms with Gasteiger partial charge in [-0.1, -0.05) is 11.6 Å². The number of hydrogen-bond donors (Lipinski definition) is 0. The molecule has 1 aromatic heterocycles. The maximum Gasteiger partial charge on any atom is 0.257 e. The number of hydrogen-bond acceptors (Lipinski definition) is 3. The summed E-state index contributed by atoms with van der Waals surface area (Å²) in [7, 11) is 0. The van der Waals surface area contributed by atoms with Crippen LogP contribution in [0.25, 0.3) is 0 Å². The summed E-state index contributed by atoms with van der Waals surface area (Å²) in [6.07, 6.45) is 3.34. The standard InChI is InChI=1S/C13H15ClFN3O/c14-12-11(6-9(15)7-16-12)13(19)18-5-4-17-3-1-2-10(17)8-18/h6-7,10H,1-5,8H2. The summed E-state index contributed by atoms with van der Waals surface area (Å²) in [6.45, 7) is 3.37. The van der Waals surface area contributed by atoms with Gasteiger partial charge in [-0.05, 0) is 25.5 Å². The molecule has 0 spiro atoms. The predicted octanol–water partition coefficient (Wildman–Crippen LogP) is 1.79. The van der Waals surface area contributed by atoms with Gasteiger partial charge in [-0.15, -0.1) is 0 Å². The van der Waals surface area contributed by atoms with Crippen LogP contribution in [0.4, 0.5) is 4.39 Å². The summed E-state index contributed by atoms with van der Waals surface area (Å²) in [6, 6.07) is 1.61. The van der Waals surface area contributed by atoms with E-state index in [2.05, 4.69) is 9.88 Å². The molecule has 2 aliphatic rings. The monoisotopic (exact) mass is 283 g/mol. The van der Waals surface area contributed by atoms with Crippen LogP contribution in [-0.2, 0) is 0 Å². The third-order valence-electron chi connectivity index (χ3n) is 3.91. The van der Waals surface area contributed by atoms with Crippen LogP contribution in [-0.4, -0.2) is 52.9 Å². The average Bonchev–Trinajstić information content (AvgIpc) is 2.88. The van der Waals surface area contributed by atoms with E-state index in [0.29, 0.717) is 19.1 Å². The molecule has 0 saturated carbocycles. The van der Waals surface area contributed by atoms with Gasteiger partial charge < -0.3 is 4.90 Å². The molecule has 1 aromatic rings. The molecule has 1 unspecified atom stereocenters. The lowest BCUT2D eigenvalue weighted by atomic mass is 10.1. The first kappa shape index (κ1) is 12.8. The number of nitrogens with zero attached hydrogens (tertiary/aromatic N) is 3. The number of amides is 1. The highest BCUT2D eigenvalue weighted by Crippen LogP contribution is 2.24. The number of halogens is 2. The molecule has 4 nitrogen and oxygen atoms in total. The van der Waals surface area contributed by atoms with Crippen molar-refractivity contribution < 1.29 is 9.18 Å². The topological polar surface area (TPSA) is 36.4 Å². The molecule has 2 saturated heterocycles. The molecule has 1 atom stereocenters. The van der Waals surface area contributed by atoms with Crippen LogP contribution in [0.1, 0.15) is 23.2 Å². The quantitative estimate of drug-likeness (QED) is 0.738. The summed E-state index contributed by atoms with van der Waals surface area (Å²) < 4.78 is 13.2. The van der Waals surface area contributed by atoms with Gasteiger partial charge in [0.25, 0.3) is 5.91 Å². The fourth-order valence-corrected chi connectivity index (χ4v) is 3.10. The first-order valence-electron chi connectivity index (χ1n) is 6.49. The second-order valence-corrected chi connectivity index (χ2v) is 5.43. The van der Waals surface area contributed by atoms with Gasteiger partial charge in [0.2, 0.25) is 0 Å². The highest BCUT2D eigenvalue weighted by atomic mass is 35.5. The lowest BCUT2D eigenvalue weighted by molar-refractivity contribution is 0.0570. The van der Waals surface area contributed by atoms with Crippen molar-refractivity contribution >= 4 is 17.5 Å². The highest BCUT2D eigenvalue weighted by molar-refractivity contribution is 6.32. The normalized spacial score (nSPS) is 23.5. The molecule has 0 aliphatic carbocycles. The summed E-state index contributed by atoms with van der Waals surface area (Å²) in [4.78, 5) is 20.2. The van der Waals surface area contributed by atoms with E-state index >= 15 is 0 Å². The zero-order chi connectivity index (χ0) is 13.4. The molecule has 19 heavy (non-hydrogen) atoms. The fourth-order valence-electron chi connectivity index (χ4n) is 2.92. The Morgan fingerprint density at radius 2 is 2.26 bits per heavy atom. The van der Waals surface area contributed by atoms with Crippen molar-refractivity contribution in [2.24, 2.45) is 0 Å². The Bertz CT molecular complexity index is 511. The SMILES string of the molecule is O=C(c1cc(F)cnc1Cl)N1CCN2CCCC2C1. The molecule has 1 amide bonds. The third kappa shape index (κ3) is 2.44. The van der Waals surface area contributed by atoms with Gasteiger partial charge >= 0.3 is 0 Å². The number of fused-ring (bicyclic) bond motifs is 1. The molecule has 0 bridgehead atoms. The van der Waals surface area contributed by atoms with E-state index in [0.717, 1.165) is 25.7 Å². The lowest BCUT2D eigenvalue weighted by Crippen LogP contribution is -2.52. The second kappa shape index (κ2) is 5.06. The Morgan fingerprint density at radius 3 is 3.11 bits per heavy atom. The molecule has 0 N–H and O–H groups in total. The van der Waals surface area contributed by atoms with Crippen LogP contribution < -0.4 is 0 Å². The Labute approximate surface area is 116 Å². The van der Waals surface area contributed by atoms with Crippen molar-refractivity contribution in [2.75, 3.05) is 26.2 Å². The van der Waals surface area contributed by atoms with Gasteiger partial charge in [-0.3, -0.25) is 9.69 Å². The van der Waals surface area contributed by atoms with Crippen molar-refractivity contribution in [2.45, 2.75) is 18.9 Å². The molecule has 3 heterocycles. The first-order valence-corrected chi connectivity index (χ1v) is 6.87. The van der Waals surface area contributed by atoms with E-state index in [1.807, 2.05) is 0 Å². The molecule has 2 fully saturated rings. The van der Waals surface area contributed by atoms with Crippen LogP contribution in [0.2, 0.25) is 5.15 Å². The van der Waals surface area contributed by atoms with Gasteiger partial charge in [0.05, 0.1) is 11.8 Å². The molecule has 102 valence electrons. The van der Waals surface area contributed by atoms with E-state index < -0.39 is 5.82 Å². The molecule has 6 heteroatoms. The van der Waals surface area contributed by atoms with E-state index in [9.17, 15) is 9.18 Å². The summed E-state index contributed by atoms with van der Waals surface area (Å²) >= 11 is 5.89. The molecular weight excluding hydrogens is 269 g/mol. The average molecular weight is 284 g/mol. The zero-order valence-corrected chi connectivity index (χ0v) is 11.2. The van der Waals surface area contributed by atoms with Crippen LogP contribution in [0.3, 0.4) is 0 Å². The maximum atomic E-state index is 13.2. The second-order valence-electron chi connectivity index (χ2n) is 5.08. The maximum absolute atomic E-state index is 13.2. The Morgan fingerprint density at radius 1 is 1.42 bits per heavy atom. The number of piperazine rings is 1. The van der Waals surface area contributed by atoms with Gasteiger partial charge in [0.15, 0.2) is 0 Å². The lowest BCUT2D eigenvalue weighted by Gasteiger charge is -2.37. The number of carbonyl (C=O) groups is 1. The van der Waals surface area contributed by atoms with Gasteiger partial charge in [0.1, 0.15) is 11.0 Å². The van der Waals surface area contributed by atoms with Crippen molar-refractivity contribution in [1.29, 1.82) is 0 Å². The number of rotatable bonds is 1. The zero-order valence-electron chi connectivity index (χ0n) is 10.5. The Hall–Kier alpha value is -1.20. The molecule has 3 rings (SSSR count). The minimum absolute atomic E-state index is 0.0697.